The number of benzene rings is 2. The van der Waals surface area contributed by atoms with Gasteiger partial charge in [-0.2, -0.15) is 5.10 Å². The third kappa shape index (κ3) is 5.26. The zero-order valence-electron chi connectivity index (χ0n) is 17.9. The van der Waals surface area contributed by atoms with E-state index in [-0.39, 0.29) is 17.9 Å². The molecule has 0 aromatic heterocycles. The van der Waals surface area contributed by atoms with Crippen LogP contribution in [-0.4, -0.2) is 29.2 Å². The number of carbonyl (C=O) groups is 2. The molecule has 1 aliphatic rings. The lowest BCUT2D eigenvalue weighted by atomic mass is 9.97. The number of nitrogens with one attached hydrogen (secondary N) is 2. The maximum absolute atomic E-state index is 12.9. The number of urea groups is 1. The van der Waals surface area contributed by atoms with Crippen LogP contribution in [0.25, 0.3) is 0 Å². The van der Waals surface area contributed by atoms with Crippen LogP contribution in [0, 0.1) is 12.8 Å². The Kier molecular flexibility index (Phi) is 7.22. The summed E-state index contributed by atoms with van der Waals surface area (Å²) in [6.07, 6.45) is 2.17. The van der Waals surface area contributed by atoms with Gasteiger partial charge in [-0.15, -0.1) is 0 Å². The molecule has 1 heterocycles. The third-order valence-electron chi connectivity index (χ3n) is 5.46. The molecule has 6 heteroatoms. The Labute approximate surface area is 178 Å². The maximum atomic E-state index is 12.9. The normalized spacial score (nSPS) is 15.8. The summed E-state index contributed by atoms with van der Waals surface area (Å²) in [7, 11) is 0. The predicted molar refractivity (Wildman–Crippen MR) is 120 cm³/mol. The average molecular weight is 407 g/mol. The van der Waals surface area contributed by atoms with Crippen molar-refractivity contribution in [1.82, 2.24) is 10.3 Å². The van der Waals surface area contributed by atoms with Crippen molar-refractivity contribution in [2.75, 3.05) is 11.9 Å². The van der Waals surface area contributed by atoms with E-state index in [1.165, 1.54) is 5.56 Å². The minimum Gasteiger partial charge on any atom is -0.338 e. The van der Waals surface area contributed by atoms with E-state index in [4.69, 9.17) is 0 Å². The molecule has 0 spiro atoms. The van der Waals surface area contributed by atoms with Gasteiger partial charge in [0, 0.05) is 12.2 Å². The molecule has 0 unspecified atom stereocenters. The molecular weight excluding hydrogens is 376 g/mol. The van der Waals surface area contributed by atoms with Crippen LogP contribution in [0.15, 0.2) is 53.6 Å². The molecule has 0 bridgehead atoms. The van der Waals surface area contributed by atoms with Crippen molar-refractivity contribution < 1.29 is 9.59 Å². The van der Waals surface area contributed by atoms with Crippen molar-refractivity contribution in [3.8, 4) is 0 Å². The number of rotatable bonds is 8. The molecular formula is C24H30N4O2. The summed E-state index contributed by atoms with van der Waals surface area (Å²) in [5.74, 6) is -0.268. The van der Waals surface area contributed by atoms with Gasteiger partial charge in [-0.1, -0.05) is 50.2 Å². The molecule has 2 N–H and O–H groups in total. The fourth-order valence-corrected chi connectivity index (χ4v) is 3.64. The maximum Gasteiger partial charge on any atom is 0.319 e. The second-order valence-corrected chi connectivity index (χ2v) is 7.54. The van der Waals surface area contributed by atoms with Gasteiger partial charge in [0.15, 0.2) is 0 Å². The molecule has 3 amide bonds. The van der Waals surface area contributed by atoms with E-state index in [0.717, 1.165) is 35.4 Å². The lowest BCUT2D eigenvalue weighted by Gasteiger charge is -2.16. The Morgan fingerprint density at radius 1 is 1.10 bits per heavy atom. The predicted octanol–water partition coefficient (Wildman–Crippen LogP) is 4.49. The number of aryl methyl sites for hydroxylation is 2. The molecule has 0 aliphatic carbocycles. The molecule has 158 valence electrons. The van der Waals surface area contributed by atoms with E-state index in [9.17, 15) is 9.59 Å². The number of hydrogen-bond donors (Lipinski definition) is 2. The largest absolute Gasteiger partial charge is 0.338 e. The van der Waals surface area contributed by atoms with Crippen molar-refractivity contribution in [2.24, 2.45) is 11.0 Å². The second-order valence-electron chi connectivity index (χ2n) is 7.54. The van der Waals surface area contributed by atoms with E-state index in [2.05, 4.69) is 22.7 Å². The topological polar surface area (TPSA) is 73.8 Å². The molecule has 2 aromatic carbocycles. The molecule has 30 heavy (non-hydrogen) atoms. The number of amides is 3. The molecule has 0 fully saturated rings. The lowest BCUT2D eigenvalue weighted by Crippen LogP contribution is -2.34. The molecule has 3 rings (SSSR count). The Bertz CT molecular complexity index is 938. The van der Waals surface area contributed by atoms with Gasteiger partial charge >= 0.3 is 6.03 Å². The van der Waals surface area contributed by atoms with Crippen LogP contribution in [0.1, 0.15) is 43.4 Å². The number of nitrogens with zero attached hydrogens (tertiary/aromatic N) is 2. The lowest BCUT2D eigenvalue weighted by molar-refractivity contribution is -0.132. The number of carbonyl (C=O) groups excluding carboxylic acids is 2. The summed E-state index contributed by atoms with van der Waals surface area (Å²) in [4.78, 5) is 25.1. The van der Waals surface area contributed by atoms with E-state index in [1.54, 1.807) is 5.01 Å². The second kappa shape index (κ2) is 10.1. The molecule has 0 radical (unpaired) electrons. The van der Waals surface area contributed by atoms with Gasteiger partial charge in [-0.3, -0.25) is 4.79 Å². The molecule has 0 saturated carbocycles. The smallest absolute Gasteiger partial charge is 0.319 e. The van der Waals surface area contributed by atoms with E-state index >= 15 is 0 Å². The number of hydrogen-bond acceptors (Lipinski definition) is 3. The Balaban J connectivity index is 1.53. The van der Waals surface area contributed by atoms with Crippen molar-refractivity contribution in [2.45, 2.75) is 46.6 Å². The van der Waals surface area contributed by atoms with Crippen molar-refractivity contribution in [3.63, 3.8) is 0 Å². The van der Waals surface area contributed by atoms with Crippen molar-refractivity contribution >= 4 is 23.3 Å². The monoisotopic (exact) mass is 406 g/mol. The minimum atomic E-state index is -0.275. The highest BCUT2D eigenvalue weighted by Crippen LogP contribution is 2.23. The molecule has 6 nitrogen and oxygen atoms in total. The standard InChI is InChI=1S/C24H30N4O2/c1-4-18-10-8-12-20(15-18)26-24(30)25-14-13-21-22(5-2)27-28(23(21)29)16-19-11-7-6-9-17(19)3/h6-12,15,21H,4-5,13-14,16H2,1-3H3,(H2,25,26,30)/t21-/m1/s1. The first-order valence-corrected chi connectivity index (χ1v) is 10.6. The quantitative estimate of drug-likeness (QED) is 0.678. The first-order valence-electron chi connectivity index (χ1n) is 10.6. The van der Waals surface area contributed by atoms with Crippen LogP contribution in [0.2, 0.25) is 0 Å². The molecule has 2 aromatic rings. The highest BCUT2D eigenvalue weighted by Gasteiger charge is 2.34. The van der Waals surface area contributed by atoms with E-state index < -0.39 is 0 Å². The van der Waals surface area contributed by atoms with Gasteiger partial charge in [0.2, 0.25) is 0 Å². The molecule has 1 atom stereocenters. The first kappa shape index (κ1) is 21.6. The molecule has 1 aliphatic heterocycles. The summed E-state index contributed by atoms with van der Waals surface area (Å²) in [6.45, 7) is 7.01. The van der Waals surface area contributed by atoms with Crippen molar-refractivity contribution in [3.05, 3.63) is 65.2 Å². The van der Waals surface area contributed by atoms with Gasteiger partial charge in [-0.25, -0.2) is 9.80 Å². The minimum absolute atomic E-state index is 0.00737. The van der Waals surface area contributed by atoms with Gasteiger partial charge in [0.25, 0.3) is 5.91 Å². The highest BCUT2D eigenvalue weighted by atomic mass is 16.2. The average Bonchev–Trinajstić information content (AvgIpc) is 3.04. The summed E-state index contributed by atoms with van der Waals surface area (Å²) in [6, 6.07) is 15.6. The van der Waals surface area contributed by atoms with Crippen LogP contribution in [0.3, 0.4) is 0 Å². The van der Waals surface area contributed by atoms with Crippen LogP contribution >= 0.6 is 0 Å². The van der Waals surface area contributed by atoms with Crippen LogP contribution in [0.4, 0.5) is 10.5 Å². The van der Waals surface area contributed by atoms with Gasteiger partial charge in [0.05, 0.1) is 18.2 Å². The van der Waals surface area contributed by atoms with Crippen LogP contribution in [-0.2, 0) is 17.8 Å². The van der Waals surface area contributed by atoms with Gasteiger partial charge in [-0.05, 0) is 55.0 Å². The summed E-state index contributed by atoms with van der Waals surface area (Å²) >= 11 is 0. The summed E-state index contributed by atoms with van der Waals surface area (Å²) in [5.41, 5.74) is 5.06. The Morgan fingerprint density at radius 3 is 2.63 bits per heavy atom. The highest BCUT2D eigenvalue weighted by molar-refractivity contribution is 6.07. The Morgan fingerprint density at radius 2 is 1.90 bits per heavy atom. The van der Waals surface area contributed by atoms with Gasteiger partial charge in [0.1, 0.15) is 0 Å². The first-order chi connectivity index (χ1) is 14.5. The summed E-state index contributed by atoms with van der Waals surface area (Å²) in [5, 5.41) is 11.8. The van der Waals surface area contributed by atoms with E-state index in [1.807, 2.05) is 62.4 Å². The van der Waals surface area contributed by atoms with E-state index in [0.29, 0.717) is 19.5 Å². The third-order valence-corrected chi connectivity index (χ3v) is 5.46. The van der Waals surface area contributed by atoms with Crippen LogP contribution in [0.5, 0.6) is 0 Å². The fourth-order valence-electron chi connectivity index (χ4n) is 3.64. The zero-order valence-corrected chi connectivity index (χ0v) is 17.9. The number of hydrazone groups is 1. The van der Waals surface area contributed by atoms with Crippen molar-refractivity contribution in [1.29, 1.82) is 0 Å². The SMILES string of the molecule is CCC1=NN(Cc2ccccc2C)C(=O)[C@@H]1CCNC(=O)Nc1cccc(CC)c1. The zero-order chi connectivity index (χ0) is 21.5. The molecule has 0 saturated heterocycles. The van der Waals surface area contributed by atoms with Gasteiger partial charge < -0.3 is 10.6 Å². The van der Waals surface area contributed by atoms with Crippen LogP contribution < -0.4 is 10.6 Å². The Hall–Kier alpha value is -3.15. The summed E-state index contributed by atoms with van der Waals surface area (Å²) < 4.78 is 0. The fraction of sp³-hybridized carbons (Fsp3) is 0.375. The number of anilines is 1.